The molecule has 0 spiro atoms. The number of methoxy groups -OCH3 is 1. The van der Waals surface area contributed by atoms with Crippen LogP contribution in [0.15, 0.2) is 17.8 Å². The number of nitrogens with zero attached hydrogens (tertiary/aromatic N) is 4. The standard InChI is InChI=1S/C14H18N4O2S/c1-17-7-10(6-15-17)12-4-3-5-18(12)14(19)11-9-21-13(16-11)8-20-2/h6-7,9,12H,3-5,8H2,1-2H3. The number of carbonyl (C=O) groups excluding carboxylic acids is 1. The molecule has 21 heavy (non-hydrogen) atoms. The highest BCUT2D eigenvalue weighted by atomic mass is 32.1. The Bertz CT molecular complexity index is 636. The molecule has 2 aromatic heterocycles. The molecule has 1 unspecified atom stereocenters. The van der Waals surface area contributed by atoms with Gasteiger partial charge in [-0.3, -0.25) is 9.48 Å². The van der Waals surface area contributed by atoms with Crippen LogP contribution in [0.3, 0.4) is 0 Å². The van der Waals surface area contributed by atoms with Gasteiger partial charge in [-0.15, -0.1) is 11.3 Å². The number of hydrogen-bond donors (Lipinski definition) is 0. The Morgan fingerprint density at radius 1 is 1.57 bits per heavy atom. The first kappa shape index (κ1) is 14.2. The molecule has 3 rings (SSSR count). The number of likely N-dealkylation sites (tertiary alicyclic amines) is 1. The van der Waals surface area contributed by atoms with E-state index in [0.717, 1.165) is 30.0 Å². The highest BCUT2D eigenvalue weighted by Gasteiger charge is 2.32. The van der Waals surface area contributed by atoms with Gasteiger partial charge in [-0.05, 0) is 12.8 Å². The molecule has 2 aromatic rings. The van der Waals surface area contributed by atoms with E-state index in [1.165, 1.54) is 11.3 Å². The van der Waals surface area contributed by atoms with Gasteiger partial charge in [-0.2, -0.15) is 5.10 Å². The Kier molecular flexibility index (Phi) is 4.03. The second-order valence-electron chi connectivity index (χ2n) is 5.16. The minimum atomic E-state index is -0.0000406. The van der Waals surface area contributed by atoms with Gasteiger partial charge >= 0.3 is 0 Å². The third kappa shape index (κ3) is 2.84. The summed E-state index contributed by atoms with van der Waals surface area (Å²) in [6.45, 7) is 1.22. The van der Waals surface area contributed by atoms with Gasteiger partial charge in [0.05, 0.1) is 18.8 Å². The topological polar surface area (TPSA) is 60.2 Å². The zero-order valence-corrected chi connectivity index (χ0v) is 13.0. The van der Waals surface area contributed by atoms with Crippen LogP contribution in [0, 0.1) is 0 Å². The Hall–Kier alpha value is -1.73. The summed E-state index contributed by atoms with van der Waals surface area (Å²) < 4.78 is 6.83. The summed E-state index contributed by atoms with van der Waals surface area (Å²) in [6.07, 6.45) is 5.81. The van der Waals surface area contributed by atoms with Crippen molar-refractivity contribution in [3.63, 3.8) is 0 Å². The highest BCUT2D eigenvalue weighted by Crippen LogP contribution is 2.32. The zero-order valence-electron chi connectivity index (χ0n) is 12.2. The van der Waals surface area contributed by atoms with E-state index < -0.39 is 0 Å². The largest absolute Gasteiger partial charge is 0.378 e. The molecule has 1 fully saturated rings. The maximum Gasteiger partial charge on any atom is 0.273 e. The fourth-order valence-electron chi connectivity index (χ4n) is 2.71. The molecule has 0 N–H and O–H groups in total. The quantitative estimate of drug-likeness (QED) is 0.867. The summed E-state index contributed by atoms with van der Waals surface area (Å²) in [5, 5.41) is 6.85. The molecule has 1 atom stereocenters. The zero-order chi connectivity index (χ0) is 14.8. The molecule has 1 aliphatic heterocycles. The Balaban J connectivity index is 1.79. The van der Waals surface area contributed by atoms with Crippen LogP contribution in [0.4, 0.5) is 0 Å². The van der Waals surface area contributed by atoms with Crippen molar-refractivity contribution >= 4 is 17.2 Å². The van der Waals surface area contributed by atoms with Crippen molar-refractivity contribution in [2.45, 2.75) is 25.5 Å². The molecule has 0 saturated carbocycles. The molecule has 112 valence electrons. The van der Waals surface area contributed by atoms with Crippen LogP contribution in [0.2, 0.25) is 0 Å². The number of aromatic nitrogens is 3. The normalized spacial score (nSPS) is 18.4. The molecular weight excluding hydrogens is 288 g/mol. The molecule has 3 heterocycles. The lowest BCUT2D eigenvalue weighted by atomic mass is 10.1. The average Bonchev–Trinajstić information content (AvgIpc) is 3.17. The fraction of sp³-hybridized carbons (Fsp3) is 0.500. The summed E-state index contributed by atoms with van der Waals surface area (Å²) in [4.78, 5) is 18.9. The lowest BCUT2D eigenvalue weighted by Crippen LogP contribution is -2.30. The number of aryl methyl sites for hydroxylation is 1. The van der Waals surface area contributed by atoms with Crippen LogP contribution in [0.1, 0.15) is 39.9 Å². The molecule has 0 aromatic carbocycles. The highest BCUT2D eigenvalue weighted by molar-refractivity contribution is 7.09. The number of ether oxygens (including phenoxy) is 1. The number of carbonyl (C=O) groups is 1. The van der Waals surface area contributed by atoms with Crippen molar-refractivity contribution in [2.24, 2.45) is 7.05 Å². The SMILES string of the molecule is COCc1nc(C(=O)N2CCCC2c2cnn(C)c2)cs1. The smallest absolute Gasteiger partial charge is 0.273 e. The van der Waals surface area contributed by atoms with Crippen molar-refractivity contribution in [1.29, 1.82) is 0 Å². The third-order valence-corrected chi connectivity index (χ3v) is 4.48. The minimum absolute atomic E-state index is 0.0000406. The molecule has 1 saturated heterocycles. The van der Waals surface area contributed by atoms with E-state index in [2.05, 4.69) is 10.1 Å². The Labute approximate surface area is 127 Å². The maximum absolute atomic E-state index is 12.7. The van der Waals surface area contributed by atoms with Crippen LogP contribution in [0.5, 0.6) is 0 Å². The first-order valence-electron chi connectivity index (χ1n) is 6.92. The lowest BCUT2D eigenvalue weighted by molar-refractivity contribution is 0.0730. The molecule has 1 aliphatic rings. The number of hydrogen-bond acceptors (Lipinski definition) is 5. The summed E-state index contributed by atoms with van der Waals surface area (Å²) in [5.41, 5.74) is 1.61. The molecule has 7 heteroatoms. The molecule has 0 aliphatic carbocycles. The van der Waals surface area contributed by atoms with E-state index in [1.807, 2.05) is 29.7 Å². The monoisotopic (exact) mass is 306 g/mol. The van der Waals surface area contributed by atoms with Crippen LogP contribution in [0.25, 0.3) is 0 Å². The van der Waals surface area contributed by atoms with Crippen LogP contribution in [-0.4, -0.2) is 39.2 Å². The molecule has 0 bridgehead atoms. The van der Waals surface area contributed by atoms with Crippen molar-refractivity contribution < 1.29 is 9.53 Å². The van der Waals surface area contributed by atoms with E-state index in [4.69, 9.17) is 4.74 Å². The van der Waals surface area contributed by atoms with E-state index in [9.17, 15) is 4.79 Å². The van der Waals surface area contributed by atoms with Gasteiger partial charge < -0.3 is 9.64 Å². The second-order valence-corrected chi connectivity index (χ2v) is 6.11. The second kappa shape index (κ2) is 5.95. The van der Waals surface area contributed by atoms with Crippen LogP contribution >= 0.6 is 11.3 Å². The minimum Gasteiger partial charge on any atom is -0.378 e. The summed E-state index contributed by atoms with van der Waals surface area (Å²) in [7, 11) is 3.52. The summed E-state index contributed by atoms with van der Waals surface area (Å²) in [6, 6.07) is 0.110. The van der Waals surface area contributed by atoms with E-state index in [-0.39, 0.29) is 11.9 Å². The number of rotatable bonds is 4. The van der Waals surface area contributed by atoms with E-state index in [1.54, 1.807) is 11.8 Å². The van der Waals surface area contributed by atoms with Crippen molar-refractivity contribution in [3.05, 3.63) is 34.0 Å². The third-order valence-electron chi connectivity index (χ3n) is 3.66. The fourth-order valence-corrected chi connectivity index (χ4v) is 3.45. The summed E-state index contributed by atoms with van der Waals surface area (Å²) in [5.74, 6) is -0.0000406. The Morgan fingerprint density at radius 3 is 3.14 bits per heavy atom. The van der Waals surface area contributed by atoms with E-state index in [0.29, 0.717) is 12.3 Å². The Morgan fingerprint density at radius 2 is 2.43 bits per heavy atom. The number of amides is 1. The van der Waals surface area contributed by atoms with Gasteiger partial charge in [0.25, 0.3) is 5.91 Å². The van der Waals surface area contributed by atoms with Gasteiger partial charge in [-0.1, -0.05) is 0 Å². The van der Waals surface area contributed by atoms with Crippen LogP contribution < -0.4 is 0 Å². The predicted octanol–water partition coefficient (Wildman–Crippen LogP) is 2.00. The first-order valence-corrected chi connectivity index (χ1v) is 7.80. The summed E-state index contributed by atoms with van der Waals surface area (Å²) >= 11 is 1.46. The van der Waals surface area contributed by atoms with Crippen LogP contribution in [-0.2, 0) is 18.4 Å². The molecule has 0 radical (unpaired) electrons. The molecular formula is C14H18N4O2S. The van der Waals surface area contributed by atoms with Gasteiger partial charge in [-0.25, -0.2) is 4.98 Å². The van der Waals surface area contributed by atoms with Gasteiger partial charge in [0.1, 0.15) is 10.7 Å². The van der Waals surface area contributed by atoms with Gasteiger partial charge in [0, 0.05) is 37.8 Å². The molecule has 1 amide bonds. The first-order chi connectivity index (χ1) is 10.2. The van der Waals surface area contributed by atoms with Crippen molar-refractivity contribution in [2.75, 3.05) is 13.7 Å². The van der Waals surface area contributed by atoms with E-state index >= 15 is 0 Å². The predicted molar refractivity (Wildman–Crippen MR) is 79.0 cm³/mol. The number of thiazole rings is 1. The van der Waals surface area contributed by atoms with Gasteiger partial charge in [0.15, 0.2) is 0 Å². The van der Waals surface area contributed by atoms with Crippen molar-refractivity contribution in [3.8, 4) is 0 Å². The average molecular weight is 306 g/mol. The van der Waals surface area contributed by atoms with Crippen molar-refractivity contribution in [1.82, 2.24) is 19.7 Å². The maximum atomic E-state index is 12.7. The lowest BCUT2D eigenvalue weighted by Gasteiger charge is -2.22. The van der Waals surface area contributed by atoms with Gasteiger partial charge in [0.2, 0.25) is 0 Å². The molecule has 6 nitrogen and oxygen atoms in total.